The van der Waals surface area contributed by atoms with Gasteiger partial charge in [0.15, 0.2) is 0 Å². The van der Waals surface area contributed by atoms with Gasteiger partial charge in [0.25, 0.3) is 5.91 Å². The number of hydrazine groups is 1. The third-order valence-corrected chi connectivity index (χ3v) is 7.15. The number of amides is 1. The monoisotopic (exact) mass is 557 g/mol. The second-order valence-electron chi connectivity index (χ2n) is 9.91. The van der Waals surface area contributed by atoms with Crippen molar-refractivity contribution in [3.63, 3.8) is 0 Å². The maximum absolute atomic E-state index is 13.9. The van der Waals surface area contributed by atoms with Crippen molar-refractivity contribution in [3.8, 4) is 0 Å². The number of halogens is 3. The molecule has 1 aliphatic rings. The molecule has 214 valence electrons. The number of nitrogens with one attached hydrogen (secondary N) is 1. The minimum absolute atomic E-state index is 0.0640. The molecule has 4 rings (SSSR count). The largest absolute Gasteiger partial charge is 0.416 e. The molecular weight excluding hydrogens is 523 g/mol. The number of ether oxygens (including phenoxy) is 1. The number of morpholine rings is 1. The summed E-state index contributed by atoms with van der Waals surface area (Å²) in [6.45, 7) is 7.78. The van der Waals surface area contributed by atoms with E-state index in [2.05, 4.69) is 10.4 Å². The van der Waals surface area contributed by atoms with Gasteiger partial charge in [0.05, 0.1) is 36.4 Å². The molecule has 1 saturated heterocycles. The van der Waals surface area contributed by atoms with Crippen LogP contribution in [-0.2, 0) is 24.5 Å². The van der Waals surface area contributed by atoms with Gasteiger partial charge in [-0.25, -0.2) is 5.84 Å². The Hall–Kier alpha value is -3.87. The lowest BCUT2D eigenvalue weighted by molar-refractivity contribution is -0.138. The van der Waals surface area contributed by atoms with Gasteiger partial charge in [-0.15, -0.1) is 0 Å². The second-order valence-corrected chi connectivity index (χ2v) is 9.91. The van der Waals surface area contributed by atoms with Crippen LogP contribution < -0.4 is 21.9 Å². The molecule has 0 atom stereocenters. The average Bonchev–Trinajstić information content (AvgIpc) is 3.23. The zero-order valence-electron chi connectivity index (χ0n) is 23.0. The van der Waals surface area contributed by atoms with Crippen molar-refractivity contribution in [2.45, 2.75) is 33.5 Å². The summed E-state index contributed by atoms with van der Waals surface area (Å²) in [4.78, 5) is 15.2. The Bertz CT molecular complexity index is 1430. The fraction of sp³-hybridized carbons (Fsp3) is 0.357. The van der Waals surface area contributed by atoms with Crippen LogP contribution in [0.5, 0.6) is 0 Å². The maximum atomic E-state index is 13.9. The summed E-state index contributed by atoms with van der Waals surface area (Å²) in [6, 6.07) is 7.44. The molecular formula is C28H34F3N7O2. The van der Waals surface area contributed by atoms with E-state index in [1.165, 1.54) is 18.1 Å². The molecule has 1 amide bonds. The molecule has 0 bridgehead atoms. The predicted molar refractivity (Wildman–Crippen MR) is 148 cm³/mol. The molecule has 9 nitrogen and oxygen atoms in total. The van der Waals surface area contributed by atoms with Crippen molar-refractivity contribution >= 4 is 23.0 Å². The number of hydrogen-bond acceptors (Lipinski definition) is 7. The third kappa shape index (κ3) is 6.46. The highest BCUT2D eigenvalue weighted by Gasteiger charge is 2.34. The molecule has 0 radical (unpaired) electrons. The van der Waals surface area contributed by atoms with Gasteiger partial charge in [0, 0.05) is 55.4 Å². The number of carbonyl (C=O) groups is 1. The van der Waals surface area contributed by atoms with Crippen molar-refractivity contribution in [2.24, 2.45) is 18.6 Å². The zero-order valence-corrected chi connectivity index (χ0v) is 23.0. The van der Waals surface area contributed by atoms with Crippen LogP contribution in [0.15, 0.2) is 42.7 Å². The summed E-state index contributed by atoms with van der Waals surface area (Å²) in [6.07, 6.45) is -1.40. The molecule has 40 heavy (non-hydrogen) atoms. The fourth-order valence-electron chi connectivity index (χ4n) is 4.61. The molecule has 0 saturated carbocycles. The number of nitrogens with zero attached hydrogens (tertiary/aromatic N) is 4. The van der Waals surface area contributed by atoms with Gasteiger partial charge < -0.3 is 15.8 Å². The minimum atomic E-state index is -4.57. The van der Waals surface area contributed by atoms with Crippen LogP contribution in [0.3, 0.4) is 0 Å². The van der Waals surface area contributed by atoms with Crippen LogP contribution in [0.25, 0.3) is 5.70 Å². The molecule has 12 heteroatoms. The van der Waals surface area contributed by atoms with Crippen molar-refractivity contribution in [1.29, 1.82) is 0 Å². The maximum Gasteiger partial charge on any atom is 0.416 e. The van der Waals surface area contributed by atoms with Crippen molar-refractivity contribution in [3.05, 3.63) is 81.8 Å². The third-order valence-electron chi connectivity index (χ3n) is 7.15. The van der Waals surface area contributed by atoms with Gasteiger partial charge >= 0.3 is 6.18 Å². The lowest BCUT2D eigenvalue weighted by atomic mass is 9.99. The number of benzene rings is 2. The van der Waals surface area contributed by atoms with E-state index in [1.807, 2.05) is 18.7 Å². The van der Waals surface area contributed by atoms with Gasteiger partial charge in [0.1, 0.15) is 0 Å². The molecule has 2 heterocycles. The topological polar surface area (TPSA) is 115 Å². The van der Waals surface area contributed by atoms with Gasteiger partial charge in [0.2, 0.25) is 0 Å². The Morgan fingerprint density at radius 3 is 2.50 bits per heavy atom. The number of anilines is 2. The Morgan fingerprint density at radius 1 is 1.18 bits per heavy atom. The SMILES string of the molecule is Cc1ccc(C(=O)Nc2cc(CN3CCOCC3)c(C)c(C(F)(F)F)c2)cc1N(N)/C=C(\N)c1cnn(C)c1C. The molecule has 2 aromatic carbocycles. The number of rotatable bonds is 7. The lowest BCUT2D eigenvalue weighted by Gasteiger charge is -2.28. The van der Waals surface area contributed by atoms with E-state index in [0.717, 1.165) is 22.9 Å². The van der Waals surface area contributed by atoms with E-state index in [4.69, 9.17) is 16.3 Å². The average molecular weight is 558 g/mol. The first-order valence-corrected chi connectivity index (χ1v) is 12.8. The highest BCUT2D eigenvalue weighted by atomic mass is 19.4. The van der Waals surface area contributed by atoms with E-state index in [-0.39, 0.29) is 16.8 Å². The second kappa shape index (κ2) is 11.7. The molecule has 0 unspecified atom stereocenters. The van der Waals surface area contributed by atoms with Gasteiger partial charge in [-0.3, -0.25) is 19.4 Å². The van der Waals surface area contributed by atoms with E-state index < -0.39 is 17.6 Å². The Morgan fingerprint density at radius 2 is 1.88 bits per heavy atom. The number of carbonyl (C=O) groups excluding carboxylic acids is 1. The quantitative estimate of drug-likeness (QED) is 0.296. The summed E-state index contributed by atoms with van der Waals surface area (Å²) in [5.41, 5.74) is 9.63. The molecule has 5 N–H and O–H groups in total. The zero-order chi connectivity index (χ0) is 29.2. The van der Waals surface area contributed by atoms with E-state index in [9.17, 15) is 18.0 Å². The summed E-state index contributed by atoms with van der Waals surface area (Å²) >= 11 is 0. The van der Waals surface area contributed by atoms with Crippen LogP contribution in [0, 0.1) is 20.8 Å². The van der Waals surface area contributed by atoms with E-state index in [1.54, 1.807) is 42.2 Å². The lowest BCUT2D eigenvalue weighted by Crippen LogP contribution is -2.36. The fourth-order valence-corrected chi connectivity index (χ4v) is 4.61. The Labute approximate surface area is 231 Å². The standard InChI is InChI=1S/C28H34F3N7O2/c1-17-5-6-20(12-26(17)38(33)16-25(32)23-14-34-36(4)19(23)3)27(39)35-22-11-21(15-37-7-9-40-10-8-37)18(2)24(13-22)28(29,30)31/h5-6,11-14,16H,7-10,15,32-33H2,1-4H3,(H,35,39)/b25-16-. The molecule has 0 aliphatic carbocycles. The summed E-state index contributed by atoms with van der Waals surface area (Å²) < 4.78 is 48.7. The van der Waals surface area contributed by atoms with E-state index >= 15 is 0 Å². The molecule has 0 spiro atoms. The van der Waals surface area contributed by atoms with Crippen LogP contribution in [-0.4, -0.2) is 46.9 Å². The van der Waals surface area contributed by atoms with E-state index in [0.29, 0.717) is 49.8 Å². The van der Waals surface area contributed by atoms with Crippen LogP contribution in [0.1, 0.15) is 43.9 Å². The molecule has 1 aliphatic heterocycles. The number of aromatic nitrogens is 2. The van der Waals surface area contributed by atoms with Crippen molar-refractivity contribution in [1.82, 2.24) is 14.7 Å². The number of alkyl halides is 3. The molecule has 3 aromatic rings. The van der Waals surface area contributed by atoms with Gasteiger partial charge in [-0.1, -0.05) is 6.07 Å². The summed E-state index contributed by atoms with van der Waals surface area (Å²) in [5, 5.41) is 8.14. The normalized spacial score (nSPS) is 14.8. The Kier molecular flexibility index (Phi) is 8.52. The van der Waals surface area contributed by atoms with Crippen LogP contribution in [0.4, 0.5) is 24.5 Å². The molecule has 1 fully saturated rings. The van der Waals surface area contributed by atoms with Crippen molar-refractivity contribution in [2.75, 3.05) is 36.6 Å². The first kappa shape index (κ1) is 29.1. The van der Waals surface area contributed by atoms with Crippen LogP contribution in [0.2, 0.25) is 0 Å². The molecule has 1 aromatic heterocycles. The van der Waals surface area contributed by atoms with Gasteiger partial charge in [-0.2, -0.15) is 18.3 Å². The highest BCUT2D eigenvalue weighted by molar-refractivity contribution is 6.05. The highest BCUT2D eigenvalue weighted by Crippen LogP contribution is 2.36. The Balaban J connectivity index is 1.60. The number of hydrogen-bond donors (Lipinski definition) is 3. The predicted octanol–water partition coefficient (Wildman–Crippen LogP) is 4.09. The first-order chi connectivity index (χ1) is 18.8. The van der Waals surface area contributed by atoms with Crippen molar-refractivity contribution < 1.29 is 22.7 Å². The summed E-state index contributed by atoms with van der Waals surface area (Å²) in [7, 11) is 1.80. The minimum Gasteiger partial charge on any atom is -0.397 e. The smallest absolute Gasteiger partial charge is 0.397 e. The number of aryl methyl sites for hydroxylation is 2. The summed E-state index contributed by atoms with van der Waals surface area (Å²) in [5.74, 6) is 5.72. The first-order valence-electron chi connectivity index (χ1n) is 12.8. The number of nitrogens with two attached hydrogens (primary N) is 2. The van der Waals surface area contributed by atoms with Gasteiger partial charge in [-0.05, 0) is 61.7 Å². The van der Waals surface area contributed by atoms with Crippen LogP contribution >= 0.6 is 0 Å².